The van der Waals surface area contributed by atoms with Crippen LogP contribution in [-0.2, 0) is 11.2 Å². The van der Waals surface area contributed by atoms with Gasteiger partial charge >= 0.3 is 0 Å². The molecule has 1 amide bonds. The Morgan fingerprint density at radius 3 is 2.50 bits per heavy atom. The highest BCUT2D eigenvalue weighted by molar-refractivity contribution is 5.76. The molecule has 34 heavy (non-hydrogen) atoms. The first-order chi connectivity index (χ1) is 16.5. The van der Waals surface area contributed by atoms with Gasteiger partial charge in [-0.2, -0.15) is 0 Å². The molecule has 0 radical (unpaired) electrons. The summed E-state index contributed by atoms with van der Waals surface area (Å²) in [5.74, 6) is -1.75. The van der Waals surface area contributed by atoms with Crippen LogP contribution >= 0.6 is 0 Å². The molecule has 0 saturated carbocycles. The fourth-order valence-electron chi connectivity index (χ4n) is 3.37. The van der Waals surface area contributed by atoms with Crippen molar-refractivity contribution < 1.29 is 27.1 Å². The minimum absolute atomic E-state index is 0.0314. The van der Waals surface area contributed by atoms with Gasteiger partial charge in [0.05, 0.1) is 17.8 Å². The Kier molecular flexibility index (Phi) is 7.27. The summed E-state index contributed by atoms with van der Waals surface area (Å²) < 4.78 is 52.1. The maximum atomic E-state index is 14.0. The number of halogens is 3. The Balaban J connectivity index is 1.38. The summed E-state index contributed by atoms with van der Waals surface area (Å²) in [5, 5.41) is 2.89. The number of benzene rings is 3. The third kappa shape index (κ3) is 5.83. The van der Waals surface area contributed by atoms with Crippen LogP contribution in [0.4, 0.5) is 13.2 Å². The van der Waals surface area contributed by atoms with E-state index >= 15 is 0 Å². The molecule has 1 unspecified atom stereocenters. The number of oxazole rings is 1. The van der Waals surface area contributed by atoms with Gasteiger partial charge in [0, 0.05) is 18.9 Å². The lowest BCUT2D eigenvalue weighted by molar-refractivity contribution is -0.122. The molecule has 8 heteroatoms. The molecule has 0 aliphatic rings. The number of aryl methyl sites for hydroxylation is 1. The predicted octanol–water partition coefficient (Wildman–Crippen LogP) is 5.63. The number of hydrogen-bond donors (Lipinski definition) is 1. The lowest BCUT2D eigenvalue weighted by Crippen LogP contribution is -2.32. The number of para-hydroxylation sites is 1. The highest BCUT2D eigenvalue weighted by Gasteiger charge is 2.18. The van der Waals surface area contributed by atoms with Crippen LogP contribution in [0.15, 0.2) is 83.4 Å². The number of carbonyl (C=O) groups is 1. The zero-order valence-corrected chi connectivity index (χ0v) is 18.0. The first-order valence-corrected chi connectivity index (χ1v) is 10.6. The summed E-state index contributed by atoms with van der Waals surface area (Å²) in [6.07, 6.45) is 1.55. The Morgan fingerprint density at radius 2 is 1.74 bits per heavy atom. The van der Waals surface area contributed by atoms with Crippen molar-refractivity contribution in [3.05, 3.63) is 108 Å². The van der Waals surface area contributed by atoms with Crippen molar-refractivity contribution in [1.82, 2.24) is 10.3 Å². The maximum absolute atomic E-state index is 14.0. The average molecular weight is 466 g/mol. The highest BCUT2D eigenvalue weighted by Crippen LogP contribution is 2.25. The van der Waals surface area contributed by atoms with Gasteiger partial charge in [-0.3, -0.25) is 4.79 Å². The standard InChI is InChI=1S/C26H21F3N2O3/c27-18-10-11-19(21(29)14-18)24-15-30-26(34-24)13-12-25(32)31-22(17-6-2-1-3-7-17)16-33-23-9-5-4-8-20(23)28/h1-11,14-15,22H,12-13,16H2,(H,31,32). The number of aromatic nitrogens is 1. The number of nitrogens with zero attached hydrogens (tertiary/aromatic N) is 1. The van der Waals surface area contributed by atoms with Crippen molar-refractivity contribution in [2.75, 3.05) is 6.61 Å². The van der Waals surface area contributed by atoms with E-state index in [1.165, 1.54) is 24.4 Å². The summed E-state index contributed by atoms with van der Waals surface area (Å²) in [6, 6.07) is 17.9. The molecule has 174 valence electrons. The molecule has 1 atom stereocenters. The molecule has 4 rings (SSSR count). The summed E-state index contributed by atoms with van der Waals surface area (Å²) in [7, 11) is 0. The largest absolute Gasteiger partial charge is 0.488 e. The van der Waals surface area contributed by atoms with Crippen molar-refractivity contribution in [3.8, 4) is 17.1 Å². The number of carbonyl (C=O) groups excluding carboxylic acids is 1. The first kappa shape index (κ1) is 23.1. The van der Waals surface area contributed by atoms with Crippen LogP contribution in [-0.4, -0.2) is 17.5 Å². The quantitative estimate of drug-likeness (QED) is 0.347. The molecular formula is C26H21F3N2O3. The normalized spacial score (nSPS) is 11.7. The van der Waals surface area contributed by atoms with E-state index in [9.17, 15) is 18.0 Å². The van der Waals surface area contributed by atoms with E-state index in [0.29, 0.717) is 0 Å². The van der Waals surface area contributed by atoms with Crippen molar-refractivity contribution in [2.24, 2.45) is 0 Å². The monoisotopic (exact) mass is 466 g/mol. The van der Waals surface area contributed by atoms with Gasteiger partial charge in [-0.15, -0.1) is 0 Å². The average Bonchev–Trinajstić information content (AvgIpc) is 3.30. The molecule has 1 heterocycles. The summed E-state index contributed by atoms with van der Waals surface area (Å²) in [4.78, 5) is 16.7. The second kappa shape index (κ2) is 10.7. The van der Waals surface area contributed by atoms with Crippen LogP contribution < -0.4 is 10.1 Å². The number of ether oxygens (including phenoxy) is 1. The van der Waals surface area contributed by atoms with Crippen molar-refractivity contribution in [2.45, 2.75) is 18.9 Å². The molecule has 3 aromatic carbocycles. The van der Waals surface area contributed by atoms with Gasteiger partial charge in [-0.1, -0.05) is 42.5 Å². The van der Waals surface area contributed by atoms with E-state index in [4.69, 9.17) is 9.15 Å². The van der Waals surface area contributed by atoms with Gasteiger partial charge < -0.3 is 14.5 Å². The molecular weight excluding hydrogens is 445 g/mol. The van der Waals surface area contributed by atoms with Crippen molar-refractivity contribution >= 4 is 5.91 Å². The minimum atomic E-state index is -0.763. The number of hydrogen-bond acceptors (Lipinski definition) is 4. The Morgan fingerprint density at radius 1 is 0.971 bits per heavy atom. The van der Waals surface area contributed by atoms with Crippen LogP contribution in [0.2, 0.25) is 0 Å². The molecule has 1 aromatic heterocycles. The molecule has 0 aliphatic carbocycles. The van der Waals surface area contributed by atoms with Crippen molar-refractivity contribution in [3.63, 3.8) is 0 Å². The van der Waals surface area contributed by atoms with E-state index in [1.807, 2.05) is 30.3 Å². The van der Waals surface area contributed by atoms with E-state index in [-0.39, 0.29) is 48.3 Å². The van der Waals surface area contributed by atoms with E-state index in [1.54, 1.807) is 12.1 Å². The van der Waals surface area contributed by atoms with Crippen molar-refractivity contribution in [1.29, 1.82) is 0 Å². The third-order valence-corrected chi connectivity index (χ3v) is 5.10. The molecule has 4 aromatic rings. The fourth-order valence-corrected chi connectivity index (χ4v) is 3.37. The maximum Gasteiger partial charge on any atom is 0.221 e. The highest BCUT2D eigenvalue weighted by atomic mass is 19.1. The first-order valence-electron chi connectivity index (χ1n) is 10.6. The Hall–Kier alpha value is -4.07. The molecule has 0 bridgehead atoms. The number of amides is 1. The van der Waals surface area contributed by atoms with Crippen LogP contribution in [0.1, 0.15) is 23.9 Å². The topological polar surface area (TPSA) is 64.4 Å². The number of nitrogens with one attached hydrogen (secondary N) is 1. The lowest BCUT2D eigenvalue weighted by atomic mass is 10.1. The van der Waals surface area contributed by atoms with Crippen LogP contribution in [0.3, 0.4) is 0 Å². The summed E-state index contributed by atoms with van der Waals surface area (Å²) in [6.45, 7) is 0.0314. The molecule has 0 aliphatic heterocycles. The lowest BCUT2D eigenvalue weighted by Gasteiger charge is -2.20. The molecule has 0 saturated heterocycles. The zero-order chi connectivity index (χ0) is 23.9. The SMILES string of the molecule is O=C(CCc1ncc(-c2ccc(F)cc2F)o1)NC(COc1ccccc1F)c1ccccc1. The Labute approximate surface area is 194 Å². The van der Waals surface area contributed by atoms with E-state index in [0.717, 1.165) is 17.7 Å². The van der Waals surface area contributed by atoms with Crippen LogP contribution in [0.5, 0.6) is 5.75 Å². The van der Waals surface area contributed by atoms with E-state index in [2.05, 4.69) is 10.3 Å². The fraction of sp³-hybridized carbons (Fsp3) is 0.154. The van der Waals surface area contributed by atoms with Gasteiger partial charge in [0.25, 0.3) is 0 Å². The molecule has 0 spiro atoms. The third-order valence-electron chi connectivity index (χ3n) is 5.10. The second-order valence-electron chi connectivity index (χ2n) is 7.51. The predicted molar refractivity (Wildman–Crippen MR) is 119 cm³/mol. The zero-order valence-electron chi connectivity index (χ0n) is 18.0. The van der Waals surface area contributed by atoms with E-state index < -0.39 is 23.5 Å². The van der Waals surface area contributed by atoms with Gasteiger partial charge in [0.1, 0.15) is 18.2 Å². The summed E-state index contributed by atoms with van der Waals surface area (Å²) >= 11 is 0. The smallest absolute Gasteiger partial charge is 0.221 e. The van der Waals surface area contributed by atoms with Gasteiger partial charge in [0.2, 0.25) is 5.91 Å². The number of rotatable bonds is 9. The molecule has 1 N–H and O–H groups in total. The van der Waals surface area contributed by atoms with Gasteiger partial charge in [-0.05, 0) is 29.8 Å². The van der Waals surface area contributed by atoms with Gasteiger partial charge in [0.15, 0.2) is 23.2 Å². The van der Waals surface area contributed by atoms with Gasteiger partial charge in [-0.25, -0.2) is 18.2 Å². The van der Waals surface area contributed by atoms with Crippen LogP contribution in [0, 0.1) is 17.5 Å². The second-order valence-corrected chi connectivity index (χ2v) is 7.51. The molecule has 0 fully saturated rings. The minimum Gasteiger partial charge on any atom is -0.488 e. The summed E-state index contributed by atoms with van der Waals surface area (Å²) in [5.41, 5.74) is 0.886. The van der Waals surface area contributed by atoms with Crippen LogP contribution in [0.25, 0.3) is 11.3 Å². The Bertz CT molecular complexity index is 1260. The molecule has 5 nitrogen and oxygen atoms in total.